The van der Waals surface area contributed by atoms with Crippen molar-refractivity contribution in [2.45, 2.75) is 59.0 Å². The number of carbonyl (C=O) groups excluding carboxylic acids is 1. The first kappa shape index (κ1) is 23.0. The lowest BCUT2D eigenvalue weighted by Gasteiger charge is -2.37. The molecule has 0 unspecified atom stereocenters. The van der Waals surface area contributed by atoms with Crippen LogP contribution in [0, 0.1) is 20.8 Å². The molecule has 0 saturated heterocycles. The predicted octanol–water partition coefficient (Wildman–Crippen LogP) is 5.74. The van der Waals surface area contributed by atoms with Gasteiger partial charge in [-0.1, -0.05) is 24.3 Å². The number of phenolic OH excluding ortho intramolecular Hbond substituents is 1. The minimum atomic E-state index is -0.407. The number of benzene rings is 3. The van der Waals surface area contributed by atoms with Crippen molar-refractivity contribution in [3.05, 3.63) is 64.2 Å². The maximum atomic E-state index is 12.5. The van der Waals surface area contributed by atoms with Crippen LogP contribution >= 0.6 is 0 Å². The first-order valence-corrected chi connectivity index (χ1v) is 11.4. The molecular weight excluding hydrogens is 416 g/mol. The maximum absolute atomic E-state index is 12.5. The third kappa shape index (κ3) is 4.63. The summed E-state index contributed by atoms with van der Waals surface area (Å²) in [4.78, 5) is 12.5. The van der Waals surface area contributed by atoms with Gasteiger partial charge in [-0.05, 0) is 85.7 Å². The van der Waals surface area contributed by atoms with Gasteiger partial charge in [0.1, 0.15) is 22.8 Å². The van der Waals surface area contributed by atoms with Crippen LogP contribution in [0.2, 0.25) is 0 Å². The van der Waals surface area contributed by atoms with Crippen LogP contribution in [0.4, 0.5) is 0 Å². The molecule has 5 heteroatoms. The molecule has 1 aliphatic rings. The van der Waals surface area contributed by atoms with Crippen molar-refractivity contribution in [3.8, 4) is 17.2 Å². The zero-order valence-electron chi connectivity index (χ0n) is 20.1. The fourth-order valence-corrected chi connectivity index (χ4v) is 4.58. The summed E-state index contributed by atoms with van der Waals surface area (Å²) in [6, 6.07) is 11.9. The van der Waals surface area contributed by atoms with Gasteiger partial charge in [0.05, 0.1) is 20.1 Å². The molecule has 0 fully saturated rings. The number of esters is 1. The second kappa shape index (κ2) is 8.97. The maximum Gasteiger partial charge on any atom is 0.310 e. The Morgan fingerprint density at radius 1 is 1.06 bits per heavy atom. The van der Waals surface area contributed by atoms with Crippen molar-refractivity contribution in [2.75, 3.05) is 13.7 Å². The van der Waals surface area contributed by atoms with Crippen LogP contribution in [0.3, 0.4) is 0 Å². The van der Waals surface area contributed by atoms with Crippen LogP contribution < -0.4 is 9.47 Å². The Bertz CT molecular complexity index is 1210. The SMILES string of the molecule is COc1ccc2cc(CC(=O)OCC[C@]3(C)CCc4c(C)c(O)c(C)c(C)c4O3)ccc2c1. The average Bonchev–Trinajstić information content (AvgIpc) is 2.80. The van der Waals surface area contributed by atoms with Crippen LogP contribution in [-0.4, -0.2) is 30.4 Å². The van der Waals surface area contributed by atoms with Crippen molar-refractivity contribution < 1.29 is 24.1 Å². The summed E-state index contributed by atoms with van der Waals surface area (Å²) in [7, 11) is 1.65. The summed E-state index contributed by atoms with van der Waals surface area (Å²) in [5, 5.41) is 12.5. The molecule has 1 heterocycles. The van der Waals surface area contributed by atoms with E-state index in [1.807, 2.05) is 57.2 Å². The van der Waals surface area contributed by atoms with Crippen LogP contribution in [0.15, 0.2) is 36.4 Å². The molecule has 0 amide bonds. The second-order valence-corrected chi connectivity index (χ2v) is 9.28. The first-order valence-electron chi connectivity index (χ1n) is 11.4. The van der Waals surface area contributed by atoms with Gasteiger partial charge >= 0.3 is 5.97 Å². The van der Waals surface area contributed by atoms with Crippen molar-refractivity contribution >= 4 is 16.7 Å². The van der Waals surface area contributed by atoms with Gasteiger partial charge in [0.15, 0.2) is 0 Å². The molecule has 0 bridgehead atoms. The van der Waals surface area contributed by atoms with Crippen molar-refractivity contribution in [1.82, 2.24) is 0 Å². The molecule has 1 atom stereocenters. The Kier molecular flexibility index (Phi) is 6.24. The fraction of sp³-hybridized carbons (Fsp3) is 0.393. The van der Waals surface area contributed by atoms with E-state index in [1.165, 1.54) is 0 Å². The Morgan fingerprint density at radius 3 is 2.55 bits per heavy atom. The van der Waals surface area contributed by atoms with E-state index in [4.69, 9.17) is 14.2 Å². The molecule has 1 N–H and O–H groups in total. The number of methoxy groups -OCH3 is 1. The molecule has 0 saturated carbocycles. The summed E-state index contributed by atoms with van der Waals surface area (Å²) in [5.41, 5.74) is 4.33. The number of phenols is 1. The van der Waals surface area contributed by atoms with Crippen LogP contribution in [0.1, 0.15) is 47.6 Å². The first-order chi connectivity index (χ1) is 15.7. The smallest absolute Gasteiger partial charge is 0.310 e. The van der Waals surface area contributed by atoms with E-state index in [2.05, 4.69) is 6.92 Å². The van der Waals surface area contributed by atoms with Gasteiger partial charge in [-0.2, -0.15) is 0 Å². The predicted molar refractivity (Wildman–Crippen MR) is 129 cm³/mol. The Hall–Kier alpha value is -3.21. The van der Waals surface area contributed by atoms with Gasteiger partial charge in [0, 0.05) is 12.0 Å². The number of aromatic hydroxyl groups is 1. The zero-order chi connectivity index (χ0) is 23.8. The molecule has 5 nitrogen and oxygen atoms in total. The zero-order valence-corrected chi connectivity index (χ0v) is 20.1. The van der Waals surface area contributed by atoms with Crippen molar-refractivity contribution in [3.63, 3.8) is 0 Å². The lowest BCUT2D eigenvalue weighted by atomic mass is 9.86. The third-order valence-electron chi connectivity index (χ3n) is 6.95. The Labute approximate surface area is 195 Å². The molecule has 0 aromatic heterocycles. The van der Waals surface area contributed by atoms with Crippen molar-refractivity contribution in [1.29, 1.82) is 0 Å². The van der Waals surface area contributed by atoms with Gasteiger partial charge in [-0.15, -0.1) is 0 Å². The molecule has 3 aromatic rings. The summed E-state index contributed by atoms with van der Waals surface area (Å²) in [6.45, 7) is 8.22. The van der Waals surface area contributed by atoms with E-state index in [9.17, 15) is 9.90 Å². The molecule has 4 rings (SSSR count). The van der Waals surface area contributed by atoms with E-state index in [1.54, 1.807) is 7.11 Å². The number of ether oxygens (including phenoxy) is 3. The highest BCUT2D eigenvalue weighted by Crippen LogP contribution is 2.44. The van der Waals surface area contributed by atoms with Crippen LogP contribution in [-0.2, 0) is 22.4 Å². The van der Waals surface area contributed by atoms with E-state index < -0.39 is 5.60 Å². The third-order valence-corrected chi connectivity index (χ3v) is 6.95. The van der Waals surface area contributed by atoms with Gasteiger partial charge in [-0.3, -0.25) is 4.79 Å². The fourth-order valence-electron chi connectivity index (χ4n) is 4.58. The second-order valence-electron chi connectivity index (χ2n) is 9.28. The van der Waals surface area contributed by atoms with E-state index in [0.29, 0.717) is 18.8 Å². The van der Waals surface area contributed by atoms with Crippen molar-refractivity contribution in [2.24, 2.45) is 0 Å². The minimum absolute atomic E-state index is 0.235. The number of rotatable bonds is 6. The number of hydrogen-bond donors (Lipinski definition) is 1. The lowest BCUT2D eigenvalue weighted by molar-refractivity contribution is -0.144. The average molecular weight is 449 g/mol. The summed E-state index contributed by atoms with van der Waals surface area (Å²) in [5.74, 6) is 1.80. The highest BCUT2D eigenvalue weighted by Gasteiger charge is 2.34. The van der Waals surface area contributed by atoms with E-state index in [0.717, 1.165) is 62.9 Å². The largest absolute Gasteiger partial charge is 0.507 e. The van der Waals surface area contributed by atoms with Crippen LogP contribution in [0.5, 0.6) is 17.2 Å². The molecule has 0 radical (unpaired) electrons. The number of fused-ring (bicyclic) bond motifs is 2. The quantitative estimate of drug-likeness (QED) is 0.487. The van der Waals surface area contributed by atoms with Gasteiger partial charge in [0.25, 0.3) is 0 Å². The van der Waals surface area contributed by atoms with Gasteiger partial charge < -0.3 is 19.3 Å². The summed E-state index contributed by atoms with van der Waals surface area (Å²) < 4.78 is 17.3. The number of hydrogen-bond acceptors (Lipinski definition) is 5. The van der Waals surface area contributed by atoms with Gasteiger partial charge in [0.2, 0.25) is 0 Å². The highest BCUT2D eigenvalue weighted by molar-refractivity contribution is 5.85. The lowest BCUT2D eigenvalue weighted by Crippen LogP contribution is -2.38. The molecule has 174 valence electrons. The van der Waals surface area contributed by atoms with Gasteiger partial charge in [-0.25, -0.2) is 0 Å². The van der Waals surface area contributed by atoms with E-state index >= 15 is 0 Å². The topological polar surface area (TPSA) is 65.0 Å². The monoisotopic (exact) mass is 448 g/mol. The minimum Gasteiger partial charge on any atom is -0.507 e. The molecular formula is C28H32O5. The summed E-state index contributed by atoms with van der Waals surface area (Å²) >= 11 is 0. The normalized spacial score (nSPS) is 17.4. The van der Waals surface area contributed by atoms with E-state index in [-0.39, 0.29) is 12.4 Å². The summed E-state index contributed by atoms with van der Waals surface area (Å²) in [6.07, 6.45) is 2.50. The highest BCUT2D eigenvalue weighted by atomic mass is 16.5. The standard InChI is InChI=1S/C28H32O5/c1-17-18(2)27-24(19(3)26(17)30)10-11-28(4,33-27)12-13-32-25(29)15-20-6-7-22-16-23(31-5)9-8-21(22)14-20/h6-9,14,16,30H,10-13,15H2,1-5H3/t28-/m0/s1. The molecule has 1 aliphatic heterocycles. The van der Waals surface area contributed by atoms with Crippen LogP contribution in [0.25, 0.3) is 10.8 Å². The molecule has 0 aliphatic carbocycles. The molecule has 3 aromatic carbocycles. The Morgan fingerprint density at radius 2 is 1.79 bits per heavy atom. The molecule has 33 heavy (non-hydrogen) atoms. The number of carbonyl (C=O) groups is 1. The molecule has 0 spiro atoms. The Balaban J connectivity index is 1.36.